The molecule has 0 saturated carbocycles. The van der Waals surface area contributed by atoms with E-state index in [9.17, 15) is 9.59 Å². The third-order valence-electron chi connectivity index (χ3n) is 3.80. The molecule has 0 fully saturated rings. The summed E-state index contributed by atoms with van der Waals surface area (Å²) in [6.45, 7) is 3.01. The average molecular weight is 303 g/mol. The number of hydrogen-bond acceptors (Lipinski definition) is 2. The Morgan fingerprint density at radius 3 is 2.26 bits per heavy atom. The Bertz CT molecular complexity index is 912. The highest BCUT2D eigenvalue weighted by atomic mass is 16.1. The average Bonchev–Trinajstić information content (AvgIpc) is 2.54. The lowest BCUT2D eigenvalue weighted by atomic mass is 9.97. The summed E-state index contributed by atoms with van der Waals surface area (Å²) in [5, 5.41) is 5.11. The van der Waals surface area contributed by atoms with E-state index in [1.54, 1.807) is 12.1 Å². The van der Waals surface area contributed by atoms with Crippen molar-refractivity contribution in [2.24, 2.45) is 0 Å². The van der Waals surface area contributed by atoms with Crippen molar-refractivity contribution in [1.82, 2.24) is 0 Å². The highest BCUT2D eigenvalue weighted by Gasteiger charge is 2.10. The number of benzene rings is 3. The molecule has 3 rings (SSSR count). The van der Waals surface area contributed by atoms with E-state index in [0.717, 1.165) is 21.9 Å². The molecule has 0 aliphatic rings. The molecule has 0 aliphatic carbocycles. The molecule has 3 aromatic rings. The van der Waals surface area contributed by atoms with Crippen LogP contribution in [0.1, 0.15) is 24.2 Å². The predicted molar refractivity (Wildman–Crippen MR) is 93.7 cm³/mol. The maximum absolute atomic E-state index is 11.7. The zero-order chi connectivity index (χ0) is 16.4. The van der Waals surface area contributed by atoms with Gasteiger partial charge in [-0.25, -0.2) is 0 Å². The van der Waals surface area contributed by atoms with E-state index >= 15 is 0 Å². The number of hydrogen-bond donors (Lipinski definition) is 1. The first-order valence-electron chi connectivity index (χ1n) is 7.46. The minimum absolute atomic E-state index is 0.00131. The summed E-state index contributed by atoms with van der Waals surface area (Å²) < 4.78 is 0. The highest BCUT2D eigenvalue weighted by Crippen LogP contribution is 2.31. The predicted octanol–water partition coefficient (Wildman–Crippen LogP) is 4.67. The highest BCUT2D eigenvalue weighted by molar-refractivity contribution is 6.00. The molecule has 3 heteroatoms. The van der Waals surface area contributed by atoms with Gasteiger partial charge in [0.25, 0.3) is 0 Å². The minimum atomic E-state index is -0.136. The zero-order valence-corrected chi connectivity index (χ0v) is 13.1. The van der Waals surface area contributed by atoms with Crippen molar-refractivity contribution in [3.63, 3.8) is 0 Å². The van der Waals surface area contributed by atoms with Crippen molar-refractivity contribution < 1.29 is 9.59 Å². The lowest BCUT2D eigenvalue weighted by Crippen LogP contribution is -2.07. The van der Waals surface area contributed by atoms with Crippen molar-refractivity contribution in [2.75, 3.05) is 5.32 Å². The van der Waals surface area contributed by atoms with E-state index in [1.807, 2.05) is 36.4 Å². The number of ketones is 1. The second kappa shape index (κ2) is 6.05. The van der Waals surface area contributed by atoms with Crippen molar-refractivity contribution in [1.29, 1.82) is 0 Å². The Kier molecular flexibility index (Phi) is 3.94. The quantitative estimate of drug-likeness (QED) is 0.715. The van der Waals surface area contributed by atoms with Crippen LogP contribution in [0.2, 0.25) is 0 Å². The zero-order valence-electron chi connectivity index (χ0n) is 13.1. The van der Waals surface area contributed by atoms with Gasteiger partial charge in [-0.3, -0.25) is 9.59 Å². The molecule has 0 aromatic heterocycles. The molecule has 0 atom stereocenters. The Hall–Kier alpha value is -2.94. The van der Waals surface area contributed by atoms with E-state index in [0.29, 0.717) is 11.3 Å². The van der Waals surface area contributed by atoms with Crippen molar-refractivity contribution in [2.45, 2.75) is 13.8 Å². The van der Waals surface area contributed by atoms with Crippen LogP contribution in [0, 0.1) is 0 Å². The number of rotatable bonds is 3. The molecular weight excluding hydrogens is 286 g/mol. The molecule has 0 aliphatic heterocycles. The lowest BCUT2D eigenvalue weighted by Gasteiger charge is -2.12. The van der Waals surface area contributed by atoms with Crippen molar-refractivity contribution >= 4 is 28.2 Å². The van der Waals surface area contributed by atoms with E-state index in [4.69, 9.17) is 0 Å². The Labute approximate surface area is 135 Å². The third kappa shape index (κ3) is 3.14. The first kappa shape index (κ1) is 15.0. The first-order valence-corrected chi connectivity index (χ1v) is 7.46. The number of amides is 1. The van der Waals surface area contributed by atoms with Crippen LogP contribution in [0.15, 0.2) is 60.7 Å². The van der Waals surface area contributed by atoms with Gasteiger partial charge >= 0.3 is 0 Å². The number of nitrogens with one attached hydrogen (secondary N) is 1. The summed E-state index contributed by atoms with van der Waals surface area (Å²) in [6, 6.07) is 19.6. The third-order valence-corrected chi connectivity index (χ3v) is 3.80. The van der Waals surface area contributed by atoms with Gasteiger partial charge in [0.1, 0.15) is 0 Å². The van der Waals surface area contributed by atoms with Gasteiger partial charge in [0.2, 0.25) is 5.91 Å². The van der Waals surface area contributed by atoms with Crippen LogP contribution in [0.4, 0.5) is 5.69 Å². The standard InChI is InChI=1S/C20H17NO2/c1-13(22)16-9-10-20(21-14(2)23)19(12-16)18-8-7-15-5-3-4-6-17(15)11-18/h3-12H,1-2H3,(H,21,23). The van der Waals surface area contributed by atoms with Crippen LogP contribution in [0.25, 0.3) is 21.9 Å². The van der Waals surface area contributed by atoms with Gasteiger partial charge in [-0.2, -0.15) is 0 Å². The molecule has 114 valence electrons. The molecule has 3 nitrogen and oxygen atoms in total. The molecule has 1 amide bonds. The maximum atomic E-state index is 11.7. The Morgan fingerprint density at radius 2 is 1.57 bits per heavy atom. The van der Waals surface area contributed by atoms with Gasteiger partial charge in [0.15, 0.2) is 5.78 Å². The number of anilines is 1. The molecule has 23 heavy (non-hydrogen) atoms. The normalized spacial score (nSPS) is 10.5. The smallest absolute Gasteiger partial charge is 0.221 e. The number of carbonyl (C=O) groups excluding carboxylic acids is 2. The van der Waals surface area contributed by atoms with Crippen molar-refractivity contribution in [3.05, 3.63) is 66.2 Å². The second-order valence-corrected chi connectivity index (χ2v) is 5.56. The summed E-state index contributed by atoms with van der Waals surface area (Å²) in [6.07, 6.45) is 0. The number of carbonyl (C=O) groups is 2. The summed E-state index contributed by atoms with van der Waals surface area (Å²) in [5.41, 5.74) is 3.15. The van der Waals surface area contributed by atoms with Crippen LogP contribution in [-0.4, -0.2) is 11.7 Å². The summed E-state index contributed by atoms with van der Waals surface area (Å²) in [5.74, 6) is -0.135. The summed E-state index contributed by atoms with van der Waals surface area (Å²) in [7, 11) is 0. The molecule has 0 unspecified atom stereocenters. The molecule has 0 heterocycles. The second-order valence-electron chi connectivity index (χ2n) is 5.56. The Balaban J connectivity index is 2.19. The van der Waals surface area contributed by atoms with E-state index in [-0.39, 0.29) is 11.7 Å². The van der Waals surface area contributed by atoms with Crippen LogP contribution < -0.4 is 5.32 Å². The van der Waals surface area contributed by atoms with Gasteiger partial charge in [-0.05, 0) is 47.5 Å². The fourth-order valence-corrected chi connectivity index (χ4v) is 2.66. The summed E-state index contributed by atoms with van der Waals surface area (Å²) >= 11 is 0. The van der Waals surface area contributed by atoms with Gasteiger partial charge in [0.05, 0.1) is 0 Å². The molecular formula is C20H17NO2. The molecule has 0 spiro atoms. The van der Waals surface area contributed by atoms with E-state index < -0.39 is 0 Å². The maximum Gasteiger partial charge on any atom is 0.221 e. The first-order chi connectivity index (χ1) is 11.0. The van der Waals surface area contributed by atoms with E-state index in [2.05, 4.69) is 17.4 Å². The topological polar surface area (TPSA) is 46.2 Å². The van der Waals surface area contributed by atoms with Crippen LogP contribution in [-0.2, 0) is 4.79 Å². The monoisotopic (exact) mass is 303 g/mol. The summed E-state index contributed by atoms with van der Waals surface area (Å²) in [4.78, 5) is 23.1. The Morgan fingerprint density at radius 1 is 0.826 bits per heavy atom. The van der Waals surface area contributed by atoms with Crippen molar-refractivity contribution in [3.8, 4) is 11.1 Å². The van der Waals surface area contributed by atoms with Gasteiger partial charge in [-0.1, -0.05) is 36.4 Å². The minimum Gasteiger partial charge on any atom is -0.326 e. The SMILES string of the molecule is CC(=O)Nc1ccc(C(C)=O)cc1-c1ccc2ccccc2c1. The largest absolute Gasteiger partial charge is 0.326 e. The number of fused-ring (bicyclic) bond motifs is 1. The fraction of sp³-hybridized carbons (Fsp3) is 0.100. The van der Waals surface area contributed by atoms with Crippen LogP contribution in [0.5, 0.6) is 0 Å². The number of Topliss-reactive ketones (excluding diaryl/α,β-unsaturated/α-hetero) is 1. The van der Waals surface area contributed by atoms with Gasteiger partial charge in [-0.15, -0.1) is 0 Å². The van der Waals surface area contributed by atoms with Gasteiger partial charge in [0, 0.05) is 23.7 Å². The molecule has 0 saturated heterocycles. The fourth-order valence-electron chi connectivity index (χ4n) is 2.66. The van der Waals surface area contributed by atoms with Crippen LogP contribution in [0.3, 0.4) is 0 Å². The molecule has 0 radical (unpaired) electrons. The lowest BCUT2D eigenvalue weighted by molar-refractivity contribution is -0.114. The molecule has 1 N–H and O–H groups in total. The molecule has 0 bridgehead atoms. The molecule has 3 aromatic carbocycles. The van der Waals surface area contributed by atoms with Crippen LogP contribution >= 0.6 is 0 Å². The van der Waals surface area contributed by atoms with E-state index in [1.165, 1.54) is 13.8 Å². The van der Waals surface area contributed by atoms with Gasteiger partial charge < -0.3 is 5.32 Å².